The Labute approximate surface area is 161 Å². The Hall–Kier alpha value is -3.22. The van der Waals surface area contributed by atoms with E-state index in [1.807, 2.05) is 30.9 Å². The maximum Gasteiger partial charge on any atom is 0.183 e. The molecule has 1 fully saturated rings. The van der Waals surface area contributed by atoms with Crippen molar-refractivity contribution in [2.45, 2.75) is 26.3 Å². The van der Waals surface area contributed by atoms with E-state index in [0.29, 0.717) is 17.6 Å². The van der Waals surface area contributed by atoms with Crippen LogP contribution in [0.2, 0.25) is 0 Å². The Kier molecular flexibility index (Phi) is 4.58. The van der Waals surface area contributed by atoms with Crippen molar-refractivity contribution < 1.29 is 14.3 Å². The van der Waals surface area contributed by atoms with E-state index in [4.69, 9.17) is 0 Å². The fourth-order valence-electron chi connectivity index (χ4n) is 3.66. The molecular weight excluding hydrogens is 359 g/mol. The van der Waals surface area contributed by atoms with Crippen LogP contribution >= 0.6 is 0 Å². The fourth-order valence-corrected chi connectivity index (χ4v) is 3.66. The molecule has 28 heavy (non-hydrogen) atoms. The number of aliphatic hydroxyl groups is 1. The number of hydrogen-bond donors (Lipinski definition) is 1. The molecule has 0 aliphatic carbocycles. The number of carbonyl (C=O) groups is 1. The van der Waals surface area contributed by atoms with Gasteiger partial charge in [-0.05, 0) is 35.7 Å². The molecule has 7 heteroatoms. The van der Waals surface area contributed by atoms with Gasteiger partial charge < -0.3 is 10.0 Å². The molecule has 1 aromatic carbocycles. The number of nitrogens with zero attached hydrogens (tertiary/aromatic N) is 4. The van der Waals surface area contributed by atoms with E-state index < -0.39 is 6.04 Å². The molecule has 0 spiro atoms. The van der Waals surface area contributed by atoms with Crippen molar-refractivity contribution in [3.8, 4) is 0 Å². The van der Waals surface area contributed by atoms with Crippen LogP contribution in [0.3, 0.4) is 0 Å². The number of ketones is 1. The van der Waals surface area contributed by atoms with Gasteiger partial charge in [-0.2, -0.15) is 5.10 Å². The number of Topliss-reactive ketones (excluding diaryl/α,β-unsaturated/α-hetero) is 1. The molecule has 4 rings (SSSR count). The summed E-state index contributed by atoms with van der Waals surface area (Å²) in [5.74, 6) is -0.180. The molecule has 0 saturated carbocycles. The molecule has 3 aromatic rings. The summed E-state index contributed by atoms with van der Waals surface area (Å²) >= 11 is 0. The molecule has 0 radical (unpaired) electrons. The number of pyridine rings is 1. The number of halogens is 1. The van der Waals surface area contributed by atoms with Gasteiger partial charge in [-0.3, -0.25) is 4.79 Å². The number of carbonyl (C=O) groups excluding carboxylic acids is 1. The lowest BCUT2D eigenvalue weighted by atomic mass is 9.94. The van der Waals surface area contributed by atoms with E-state index in [0.717, 1.165) is 11.3 Å². The first kappa shape index (κ1) is 18.2. The van der Waals surface area contributed by atoms with Crippen LogP contribution in [-0.2, 0) is 4.79 Å². The summed E-state index contributed by atoms with van der Waals surface area (Å²) in [6, 6.07) is 9.25. The summed E-state index contributed by atoms with van der Waals surface area (Å²) in [4.78, 5) is 18.9. The lowest BCUT2D eigenvalue weighted by Crippen LogP contribution is -2.24. The van der Waals surface area contributed by atoms with Crippen molar-refractivity contribution in [2.75, 3.05) is 11.4 Å². The predicted molar refractivity (Wildman–Crippen MR) is 104 cm³/mol. The van der Waals surface area contributed by atoms with E-state index in [1.54, 1.807) is 22.8 Å². The van der Waals surface area contributed by atoms with Crippen LogP contribution in [0.15, 0.2) is 60.3 Å². The normalized spacial score (nSPS) is 19.1. The Morgan fingerprint density at radius 2 is 2.00 bits per heavy atom. The zero-order valence-corrected chi connectivity index (χ0v) is 15.7. The summed E-state index contributed by atoms with van der Waals surface area (Å²) < 4.78 is 15.1. The van der Waals surface area contributed by atoms with E-state index >= 15 is 0 Å². The third-order valence-electron chi connectivity index (χ3n) is 4.89. The zero-order valence-electron chi connectivity index (χ0n) is 15.7. The third-order valence-corrected chi connectivity index (χ3v) is 4.89. The second kappa shape index (κ2) is 7.07. The smallest absolute Gasteiger partial charge is 0.183 e. The van der Waals surface area contributed by atoms with Gasteiger partial charge in [0.15, 0.2) is 11.4 Å². The first-order valence-corrected chi connectivity index (χ1v) is 9.20. The summed E-state index contributed by atoms with van der Waals surface area (Å²) in [6.07, 6.45) is 3.68. The van der Waals surface area contributed by atoms with Crippen LogP contribution in [0.5, 0.6) is 0 Å². The van der Waals surface area contributed by atoms with Crippen molar-refractivity contribution >= 4 is 17.1 Å². The third kappa shape index (κ3) is 3.24. The zero-order chi connectivity index (χ0) is 19.8. The first-order valence-electron chi connectivity index (χ1n) is 9.20. The molecule has 1 atom stereocenters. The highest BCUT2D eigenvalue weighted by Crippen LogP contribution is 2.40. The lowest BCUT2D eigenvalue weighted by Gasteiger charge is -2.27. The number of aromatic nitrogens is 3. The molecule has 1 aliphatic rings. The van der Waals surface area contributed by atoms with E-state index in [2.05, 4.69) is 10.1 Å². The summed E-state index contributed by atoms with van der Waals surface area (Å²) in [5, 5.41) is 14.9. The highest BCUT2D eigenvalue weighted by atomic mass is 19.1. The van der Waals surface area contributed by atoms with Gasteiger partial charge in [0.2, 0.25) is 0 Å². The number of aliphatic hydroxyl groups excluding tert-OH is 1. The van der Waals surface area contributed by atoms with E-state index in [-0.39, 0.29) is 29.8 Å². The average molecular weight is 380 g/mol. The van der Waals surface area contributed by atoms with Crippen LogP contribution in [0.25, 0.3) is 5.65 Å². The standard InChI is InChI=1S/C21H21FN4O2/c1-13(2)9-17(27)20-18(28)11-25(21(20)14-3-5-15(22)6-4-14)16-7-8-19-23-12-24-26(19)10-16/h3-8,10,12-13,21,27H,9,11H2,1-2H3. The van der Waals surface area contributed by atoms with Gasteiger partial charge in [0.05, 0.1) is 30.0 Å². The Morgan fingerprint density at radius 1 is 1.25 bits per heavy atom. The largest absolute Gasteiger partial charge is 0.512 e. The SMILES string of the molecule is CC(C)CC(O)=C1C(=O)CN(c2ccc3ncnn3c2)C1c1ccc(F)cc1. The molecule has 0 bridgehead atoms. The number of anilines is 1. The Bertz CT molecular complexity index is 1060. The highest BCUT2D eigenvalue weighted by Gasteiger charge is 2.39. The molecule has 1 aliphatic heterocycles. The van der Waals surface area contributed by atoms with Crippen LogP contribution in [0.4, 0.5) is 10.1 Å². The maximum atomic E-state index is 13.5. The van der Waals surface area contributed by atoms with Gasteiger partial charge in [-0.1, -0.05) is 26.0 Å². The molecule has 1 unspecified atom stereocenters. The van der Waals surface area contributed by atoms with Gasteiger partial charge in [0.1, 0.15) is 17.9 Å². The number of hydrogen-bond acceptors (Lipinski definition) is 5. The first-order chi connectivity index (χ1) is 13.4. The molecule has 3 heterocycles. The van der Waals surface area contributed by atoms with Gasteiger partial charge in [0.25, 0.3) is 0 Å². The minimum atomic E-state index is -0.493. The Morgan fingerprint density at radius 3 is 2.71 bits per heavy atom. The van der Waals surface area contributed by atoms with Crippen molar-refractivity contribution in [2.24, 2.45) is 5.92 Å². The predicted octanol–water partition coefficient (Wildman–Crippen LogP) is 3.86. The summed E-state index contributed by atoms with van der Waals surface area (Å²) in [7, 11) is 0. The monoisotopic (exact) mass is 380 g/mol. The minimum Gasteiger partial charge on any atom is -0.512 e. The maximum absolute atomic E-state index is 13.5. The number of rotatable bonds is 4. The highest BCUT2D eigenvalue weighted by molar-refractivity contribution is 6.04. The second-order valence-corrected chi connectivity index (χ2v) is 7.41. The molecule has 0 amide bonds. The van der Waals surface area contributed by atoms with Gasteiger partial charge >= 0.3 is 0 Å². The molecule has 1 N–H and O–H groups in total. The van der Waals surface area contributed by atoms with Crippen molar-refractivity contribution in [3.63, 3.8) is 0 Å². The number of benzene rings is 1. The molecular formula is C21H21FN4O2. The molecule has 144 valence electrons. The minimum absolute atomic E-state index is 0.0960. The van der Waals surface area contributed by atoms with Crippen molar-refractivity contribution in [1.82, 2.24) is 14.6 Å². The van der Waals surface area contributed by atoms with Crippen LogP contribution < -0.4 is 4.90 Å². The van der Waals surface area contributed by atoms with Gasteiger partial charge in [-0.25, -0.2) is 13.9 Å². The summed E-state index contributed by atoms with van der Waals surface area (Å²) in [6.45, 7) is 4.10. The van der Waals surface area contributed by atoms with Crippen LogP contribution in [-0.4, -0.2) is 32.0 Å². The van der Waals surface area contributed by atoms with E-state index in [9.17, 15) is 14.3 Å². The van der Waals surface area contributed by atoms with Crippen molar-refractivity contribution in [3.05, 3.63) is 71.6 Å². The number of fused-ring (bicyclic) bond motifs is 1. The van der Waals surface area contributed by atoms with Crippen LogP contribution in [0.1, 0.15) is 31.9 Å². The second-order valence-electron chi connectivity index (χ2n) is 7.41. The topological polar surface area (TPSA) is 70.7 Å². The van der Waals surface area contributed by atoms with Gasteiger partial charge in [0, 0.05) is 6.42 Å². The van der Waals surface area contributed by atoms with Crippen molar-refractivity contribution in [1.29, 1.82) is 0 Å². The molecule has 6 nitrogen and oxygen atoms in total. The number of allylic oxidation sites excluding steroid dienone is 1. The van der Waals surface area contributed by atoms with Gasteiger partial charge in [-0.15, -0.1) is 0 Å². The lowest BCUT2D eigenvalue weighted by molar-refractivity contribution is -0.113. The quantitative estimate of drug-likeness (QED) is 0.550. The fraction of sp³-hybridized carbons (Fsp3) is 0.286. The Balaban J connectivity index is 1.84. The van der Waals surface area contributed by atoms with Crippen LogP contribution in [0, 0.1) is 11.7 Å². The average Bonchev–Trinajstić information content (AvgIpc) is 3.25. The summed E-state index contributed by atoms with van der Waals surface area (Å²) in [5.41, 5.74) is 2.59. The molecule has 2 aromatic heterocycles. The van der Waals surface area contributed by atoms with E-state index in [1.165, 1.54) is 18.5 Å². The molecule has 1 saturated heterocycles.